The molecule has 0 aliphatic rings. The molecule has 1 aromatic heterocycles. The number of sulfone groups is 1. The van der Waals surface area contributed by atoms with Gasteiger partial charge in [-0.05, 0) is 61.5 Å². The summed E-state index contributed by atoms with van der Waals surface area (Å²) in [5.74, 6) is -0.528. The first-order valence-electron chi connectivity index (χ1n) is 10.3. The van der Waals surface area contributed by atoms with Gasteiger partial charge in [0.25, 0.3) is 0 Å². The van der Waals surface area contributed by atoms with E-state index in [1.807, 2.05) is 6.92 Å². The third-order valence-electron chi connectivity index (χ3n) is 5.32. The zero-order valence-electron chi connectivity index (χ0n) is 18.4. The van der Waals surface area contributed by atoms with E-state index in [0.29, 0.717) is 11.4 Å². The van der Waals surface area contributed by atoms with E-state index >= 15 is 0 Å². The van der Waals surface area contributed by atoms with Crippen molar-refractivity contribution in [2.45, 2.75) is 23.3 Å². The standard InChI is InChI=1S/C25H21FN2O5S/c1-16-3-10-20(11-4-16)34(31,32)23-14-28(22-12-5-17(26)13-21(22)25(23)30)15-24(29)27-18-6-8-19(33-2)9-7-18/h3-14H,15H2,1-2H3,(H,27,29). The normalized spacial score (nSPS) is 11.4. The van der Waals surface area contributed by atoms with Crippen molar-refractivity contribution in [3.63, 3.8) is 0 Å². The number of nitrogens with one attached hydrogen (secondary N) is 1. The molecular weight excluding hydrogens is 459 g/mol. The average Bonchev–Trinajstić information content (AvgIpc) is 2.81. The van der Waals surface area contributed by atoms with Crippen molar-refractivity contribution in [2.24, 2.45) is 0 Å². The van der Waals surface area contributed by atoms with Crippen LogP contribution < -0.4 is 15.5 Å². The van der Waals surface area contributed by atoms with Crippen molar-refractivity contribution in [3.05, 3.63) is 94.5 Å². The number of carbonyl (C=O) groups is 1. The number of carbonyl (C=O) groups excluding carboxylic acids is 1. The van der Waals surface area contributed by atoms with E-state index in [4.69, 9.17) is 4.74 Å². The number of anilines is 1. The largest absolute Gasteiger partial charge is 0.497 e. The van der Waals surface area contributed by atoms with Gasteiger partial charge in [-0.2, -0.15) is 0 Å². The number of fused-ring (bicyclic) bond motifs is 1. The minimum absolute atomic E-state index is 0.0693. The van der Waals surface area contributed by atoms with Crippen molar-refractivity contribution in [1.29, 1.82) is 0 Å². The maximum atomic E-state index is 14.0. The highest BCUT2D eigenvalue weighted by molar-refractivity contribution is 7.91. The van der Waals surface area contributed by atoms with Crippen LogP contribution in [-0.4, -0.2) is 26.0 Å². The molecule has 0 aliphatic heterocycles. The maximum Gasteiger partial charge on any atom is 0.244 e. The van der Waals surface area contributed by atoms with Crippen LogP contribution in [0.1, 0.15) is 5.56 Å². The van der Waals surface area contributed by atoms with Gasteiger partial charge >= 0.3 is 0 Å². The maximum absolute atomic E-state index is 14.0. The summed E-state index contributed by atoms with van der Waals surface area (Å²) in [5.41, 5.74) is 0.767. The van der Waals surface area contributed by atoms with Gasteiger partial charge in [0, 0.05) is 17.3 Å². The molecule has 0 radical (unpaired) electrons. The van der Waals surface area contributed by atoms with Gasteiger partial charge in [-0.3, -0.25) is 9.59 Å². The lowest BCUT2D eigenvalue weighted by molar-refractivity contribution is -0.116. The zero-order chi connectivity index (χ0) is 24.5. The molecule has 3 aromatic carbocycles. The molecule has 0 spiro atoms. The molecule has 0 fully saturated rings. The third kappa shape index (κ3) is 4.55. The number of ether oxygens (including phenoxy) is 1. The van der Waals surface area contributed by atoms with Crippen molar-refractivity contribution in [1.82, 2.24) is 4.57 Å². The first-order valence-corrected chi connectivity index (χ1v) is 11.8. The van der Waals surface area contributed by atoms with Gasteiger partial charge in [-0.15, -0.1) is 0 Å². The van der Waals surface area contributed by atoms with Gasteiger partial charge < -0.3 is 14.6 Å². The third-order valence-corrected chi connectivity index (χ3v) is 7.08. The fraction of sp³-hybridized carbons (Fsp3) is 0.120. The molecule has 1 heterocycles. The second kappa shape index (κ2) is 9.11. The molecule has 0 saturated heterocycles. The average molecular weight is 481 g/mol. The Hall–Kier alpha value is -3.98. The lowest BCUT2D eigenvalue weighted by Gasteiger charge is -2.14. The quantitative estimate of drug-likeness (QED) is 0.451. The number of pyridine rings is 1. The Kier molecular flexibility index (Phi) is 6.21. The number of halogens is 1. The number of hydrogen-bond donors (Lipinski definition) is 1. The van der Waals surface area contributed by atoms with Gasteiger partial charge in [0.2, 0.25) is 21.2 Å². The van der Waals surface area contributed by atoms with Crippen LogP contribution in [0.2, 0.25) is 0 Å². The Morgan fingerprint density at radius 1 is 1.03 bits per heavy atom. The predicted molar refractivity (Wildman–Crippen MR) is 126 cm³/mol. The highest BCUT2D eigenvalue weighted by Gasteiger charge is 2.24. The minimum atomic E-state index is -4.22. The smallest absolute Gasteiger partial charge is 0.244 e. The van der Waals surface area contributed by atoms with Crippen LogP contribution in [0.4, 0.5) is 10.1 Å². The molecule has 7 nitrogen and oxygen atoms in total. The molecule has 4 rings (SSSR count). The molecule has 1 amide bonds. The van der Waals surface area contributed by atoms with Gasteiger partial charge in [0.1, 0.15) is 23.0 Å². The fourth-order valence-corrected chi connectivity index (χ4v) is 4.91. The van der Waals surface area contributed by atoms with Crippen molar-refractivity contribution in [3.8, 4) is 5.75 Å². The fourth-order valence-electron chi connectivity index (χ4n) is 3.54. The zero-order valence-corrected chi connectivity index (χ0v) is 19.2. The molecule has 9 heteroatoms. The Bertz CT molecular complexity index is 1540. The van der Waals surface area contributed by atoms with Gasteiger partial charge in [-0.25, -0.2) is 12.8 Å². The first kappa shape index (κ1) is 23.2. The molecule has 0 atom stereocenters. The second-order valence-corrected chi connectivity index (χ2v) is 9.62. The van der Waals surface area contributed by atoms with Gasteiger partial charge in [-0.1, -0.05) is 17.7 Å². The SMILES string of the molecule is COc1ccc(NC(=O)Cn2cc(S(=O)(=O)c3ccc(C)cc3)c(=O)c3cc(F)ccc32)cc1. The molecular formula is C25H21FN2O5S. The van der Waals surface area contributed by atoms with Crippen LogP contribution in [-0.2, 0) is 21.2 Å². The van der Waals surface area contributed by atoms with E-state index in [1.54, 1.807) is 36.4 Å². The summed E-state index contributed by atoms with van der Waals surface area (Å²) in [7, 11) is -2.69. The topological polar surface area (TPSA) is 94.5 Å². The summed E-state index contributed by atoms with van der Waals surface area (Å²) < 4.78 is 46.9. The monoisotopic (exact) mass is 480 g/mol. The number of nitrogens with zero attached hydrogens (tertiary/aromatic N) is 1. The molecule has 0 aliphatic carbocycles. The Balaban J connectivity index is 1.78. The van der Waals surface area contributed by atoms with E-state index in [9.17, 15) is 22.4 Å². The number of aryl methyl sites for hydroxylation is 1. The number of benzene rings is 3. The Labute approximate surface area is 195 Å². The summed E-state index contributed by atoms with van der Waals surface area (Å²) in [6.07, 6.45) is 1.13. The van der Waals surface area contributed by atoms with Crippen LogP contribution in [0.5, 0.6) is 5.75 Å². The van der Waals surface area contributed by atoms with E-state index in [-0.39, 0.29) is 22.3 Å². The highest BCUT2D eigenvalue weighted by Crippen LogP contribution is 2.22. The number of methoxy groups -OCH3 is 1. The minimum Gasteiger partial charge on any atom is -0.497 e. The molecule has 0 unspecified atom stereocenters. The summed E-state index contributed by atoms with van der Waals surface area (Å²) >= 11 is 0. The molecule has 1 N–H and O–H groups in total. The van der Waals surface area contributed by atoms with E-state index in [1.165, 1.54) is 29.9 Å². The van der Waals surface area contributed by atoms with Gasteiger partial charge in [0.15, 0.2) is 0 Å². The number of aromatic nitrogens is 1. The summed E-state index contributed by atoms with van der Waals surface area (Å²) in [6, 6.07) is 16.2. The molecule has 0 saturated carbocycles. The molecule has 4 aromatic rings. The summed E-state index contributed by atoms with van der Waals surface area (Å²) in [4.78, 5) is 25.2. The Morgan fingerprint density at radius 3 is 2.35 bits per heavy atom. The number of rotatable bonds is 6. The summed E-state index contributed by atoms with van der Waals surface area (Å²) in [6.45, 7) is 1.51. The number of amides is 1. The van der Waals surface area contributed by atoms with Crippen LogP contribution in [0.15, 0.2) is 87.5 Å². The molecule has 174 valence electrons. The number of hydrogen-bond acceptors (Lipinski definition) is 5. The van der Waals surface area contributed by atoms with Crippen LogP contribution in [0, 0.1) is 12.7 Å². The van der Waals surface area contributed by atoms with E-state index in [2.05, 4.69) is 5.32 Å². The summed E-state index contributed by atoms with van der Waals surface area (Å²) in [5, 5.41) is 2.58. The van der Waals surface area contributed by atoms with E-state index < -0.39 is 31.9 Å². The Morgan fingerprint density at radius 2 is 1.71 bits per heavy atom. The van der Waals surface area contributed by atoms with Crippen LogP contribution in [0.25, 0.3) is 10.9 Å². The van der Waals surface area contributed by atoms with Crippen molar-refractivity contribution < 1.29 is 22.3 Å². The lowest BCUT2D eigenvalue weighted by atomic mass is 10.2. The second-order valence-electron chi connectivity index (χ2n) is 7.71. The van der Waals surface area contributed by atoms with Gasteiger partial charge in [0.05, 0.1) is 17.5 Å². The van der Waals surface area contributed by atoms with Crippen LogP contribution in [0.3, 0.4) is 0 Å². The lowest BCUT2D eigenvalue weighted by Crippen LogP contribution is -2.24. The highest BCUT2D eigenvalue weighted by atomic mass is 32.2. The molecule has 34 heavy (non-hydrogen) atoms. The van der Waals surface area contributed by atoms with Crippen LogP contribution >= 0.6 is 0 Å². The van der Waals surface area contributed by atoms with E-state index in [0.717, 1.165) is 23.9 Å². The predicted octanol–water partition coefficient (Wildman–Crippen LogP) is 3.93. The first-order chi connectivity index (χ1) is 16.2. The van der Waals surface area contributed by atoms with Crippen molar-refractivity contribution >= 4 is 32.3 Å². The molecule has 0 bridgehead atoms. The van der Waals surface area contributed by atoms with Crippen molar-refractivity contribution in [2.75, 3.05) is 12.4 Å².